The zero-order valence-electron chi connectivity index (χ0n) is 9.05. The van der Waals surface area contributed by atoms with Crippen LogP contribution < -0.4 is 52.2 Å². The first-order chi connectivity index (χ1) is 7.50. The molecule has 18 heavy (non-hydrogen) atoms. The molecule has 0 aromatic carbocycles. The molecule has 3 heterocycles. The fourth-order valence-electron chi connectivity index (χ4n) is 0.589. The Bertz CT molecular complexity index is 264. The quantitative estimate of drug-likeness (QED) is 0.380. The third-order valence-electron chi connectivity index (χ3n) is 1.14. The smallest absolute Gasteiger partial charge is 0.222 e. The molecule has 0 radical (unpaired) electrons. The maximum absolute atomic E-state index is 2.88. The lowest BCUT2D eigenvalue weighted by atomic mass is 11.0. The van der Waals surface area contributed by atoms with Crippen molar-refractivity contribution in [2.75, 3.05) is 0 Å². The Morgan fingerprint density at radius 3 is 0.833 bits per heavy atom. The average molecular weight is 365 g/mol. The molecule has 0 unspecified atom stereocenters. The van der Waals surface area contributed by atoms with Crippen LogP contribution in [-0.2, 0) is 0 Å². The van der Waals surface area contributed by atoms with Gasteiger partial charge in [0, 0.05) is 0 Å². The minimum atomic E-state index is 0. The highest BCUT2D eigenvalue weighted by atomic mass is 35.5. The molecule has 0 atom stereocenters. The van der Waals surface area contributed by atoms with E-state index in [1.54, 1.807) is 34.0 Å². The van der Waals surface area contributed by atoms with Crippen molar-refractivity contribution >= 4 is 34.0 Å². The van der Waals surface area contributed by atoms with Crippen LogP contribution in [0.4, 0.5) is 0 Å². The summed E-state index contributed by atoms with van der Waals surface area (Å²) in [5, 5.41) is 5.96. The summed E-state index contributed by atoms with van der Waals surface area (Å²) >= 11 is 4.97. The first-order valence-electron chi connectivity index (χ1n) is 4.15. The Balaban J connectivity index is -0.000000173. The van der Waals surface area contributed by atoms with Crippen molar-refractivity contribution in [2.45, 2.75) is 0 Å². The number of H-pyrrole nitrogens is 3. The normalized spacial score (nSPS) is 6.67. The van der Waals surface area contributed by atoms with E-state index >= 15 is 0 Å². The van der Waals surface area contributed by atoms with E-state index in [1.165, 1.54) is 0 Å². The number of aromatic amines is 3. The van der Waals surface area contributed by atoms with Crippen LogP contribution in [0.2, 0.25) is 0 Å². The molecule has 3 N–H and O–H groups in total. The summed E-state index contributed by atoms with van der Waals surface area (Å²) < 4.78 is 0. The summed E-state index contributed by atoms with van der Waals surface area (Å²) in [6.45, 7) is 0. The van der Waals surface area contributed by atoms with Gasteiger partial charge in [-0.2, -0.15) is 0 Å². The van der Waals surface area contributed by atoms with Crippen molar-refractivity contribution in [3.8, 4) is 0 Å². The van der Waals surface area contributed by atoms with Crippen LogP contribution >= 0.6 is 34.0 Å². The van der Waals surface area contributed by atoms with E-state index in [2.05, 4.69) is 15.0 Å². The number of rotatable bonds is 0. The van der Waals surface area contributed by atoms with Crippen molar-refractivity contribution in [1.82, 2.24) is 0 Å². The molecule has 0 saturated heterocycles. The number of nitrogens with one attached hydrogen (secondary N) is 3. The maximum atomic E-state index is 2.88. The topological polar surface area (TPSA) is 42.4 Å². The highest BCUT2D eigenvalue weighted by Crippen LogP contribution is 1.81. The largest absolute Gasteiger partial charge is 1.00 e. The van der Waals surface area contributed by atoms with Crippen LogP contribution in [0.5, 0.6) is 0 Å². The Morgan fingerprint density at radius 1 is 0.500 bits per heavy atom. The fraction of sp³-hybridized carbons (Fsp3) is 0. The van der Waals surface area contributed by atoms with Crippen molar-refractivity contribution in [1.29, 1.82) is 0 Å². The summed E-state index contributed by atoms with van der Waals surface area (Å²) in [5.41, 5.74) is 5.75. The molecule has 0 fully saturated rings. The minimum absolute atomic E-state index is 0. The van der Waals surface area contributed by atoms with E-state index in [-0.39, 0.29) is 37.2 Å². The summed E-state index contributed by atoms with van der Waals surface area (Å²) in [5.74, 6) is 0. The Kier molecular flexibility index (Phi) is 24.3. The van der Waals surface area contributed by atoms with Gasteiger partial charge in [0.15, 0.2) is 18.6 Å². The fourth-order valence-corrected chi connectivity index (χ4v) is 1.77. The third-order valence-corrected chi connectivity index (χ3v) is 2.83. The van der Waals surface area contributed by atoms with E-state index in [0.29, 0.717) is 0 Å². The highest BCUT2D eigenvalue weighted by molar-refractivity contribution is 7.07. The summed E-state index contributed by atoms with van der Waals surface area (Å²) in [6, 6.07) is 0. The molecule has 3 rings (SSSR count). The van der Waals surface area contributed by atoms with E-state index < -0.39 is 0 Å². The van der Waals surface area contributed by atoms with Gasteiger partial charge in [-0.3, -0.25) is 0 Å². The lowest BCUT2D eigenvalue weighted by Crippen LogP contribution is -3.00. The number of aromatic nitrogens is 3. The van der Waals surface area contributed by atoms with Crippen molar-refractivity contribution in [3.63, 3.8) is 0 Å². The lowest BCUT2D eigenvalue weighted by molar-refractivity contribution is -0.370. The molecule has 0 bridgehead atoms. The second-order valence-electron chi connectivity index (χ2n) is 2.17. The third kappa shape index (κ3) is 15.8. The summed E-state index contributed by atoms with van der Waals surface area (Å²) in [7, 11) is 0. The average Bonchev–Trinajstić information content (AvgIpc) is 3.09. The Hall–Kier alpha value is -0.240. The Labute approximate surface area is 137 Å². The molecular formula is C9H12Cl3N3S3. The second kappa shape index (κ2) is 19.1. The molecule has 3 aromatic heterocycles. The van der Waals surface area contributed by atoms with Gasteiger partial charge < -0.3 is 37.2 Å². The van der Waals surface area contributed by atoms with Crippen LogP contribution in [0.3, 0.4) is 0 Å². The van der Waals surface area contributed by atoms with Gasteiger partial charge in [0.1, 0.15) is 0 Å². The van der Waals surface area contributed by atoms with Crippen molar-refractivity contribution in [2.24, 2.45) is 0 Å². The van der Waals surface area contributed by atoms with Gasteiger partial charge in [-0.15, -0.1) is 0 Å². The van der Waals surface area contributed by atoms with Crippen LogP contribution in [0.25, 0.3) is 0 Å². The molecule has 0 aliphatic heterocycles. The van der Waals surface area contributed by atoms with Gasteiger partial charge in [-0.25, -0.2) is 15.0 Å². The van der Waals surface area contributed by atoms with E-state index in [9.17, 15) is 0 Å². The number of hydrogen-bond donors (Lipinski definition) is 0. The maximum Gasteiger partial charge on any atom is 0.222 e. The van der Waals surface area contributed by atoms with E-state index in [4.69, 9.17) is 0 Å². The monoisotopic (exact) mass is 363 g/mol. The zero-order chi connectivity index (χ0) is 10.6. The molecule has 3 aromatic rings. The molecule has 102 valence electrons. The molecular weight excluding hydrogens is 353 g/mol. The molecule has 0 amide bonds. The summed E-state index contributed by atoms with van der Waals surface area (Å²) in [4.78, 5) is 8.64. The van der Waals surface area contributed by atoms with Crippen LogP contribution in [0.15, 0.2) is 51.3 Å². The van der Waals surface area contributed by atoms with Crippen molar-refractivity contribution in [3.05, 3.63) is 51.3 Å². The van der Waals surface area contributed by atoms with Crippen molar-refractivity contribution < 1.29 is 52.2 Å². The standard InChI is InChI=1S/3C3H3NS.3ClH/c3*1-2-5-3-4-1;;;/h3*1-3H;3*1H. The molecule has 9 heteroatoms. The first-order valence-corrected chi connectivity index (χ1v) is 6.97. The van der Waals surface area contributed by atoms with Crippen LogP contribution in [0.1, 0.15) is 0 Å². The van der Waals surface area contributed by atoms with Gasteiger partial charge in [-0.1, -0.05) is 34.0 Å². The number of hydrogen-bond acceptors (Lipinski definition) is 3. The van der Waals surface area contributed by atoms with Gasteiger partial charge in [-0.05, 0) is 0 Å². The minimum Gasteiger partial charge on any atom is -1.00 e. The number of halogens is 3. The van der Waals surface area contributed by atoms with Gasteiger partial charge in [0.05, 0.1) is 16.1 Å². The number of thiazole rings is 3. The lowest BCUT2D eigenvalue weighted by Gasteiger charge is -1.32. The zero-order valence-corrected chi connectivity index (χ0v) is 13.8. The molecule has 0 aliphatic carbocycles. The van der Waals surface area contributed by atoms with E-state index in [0.717, 1.165) is 0 Å². The van der Waals surface area contributed by atoms with Gasteiger partial charge in [0.25, 0.3) is 0 Å². The predicted molar refractivity (Wildman–Crippen MR) is 62.6 cm³/mol. The van der Waals surface area contributed by atoms with Gasteiger partial charge in [0.2, 0.25) is 16.5 Å². The first kappa shape index (κ1) is 22.9. The SMILES string of the molecule is [Cl-].[Cl-].[Cl-].c1csc[nH+]1.c1csc[nH+]1.c1csc[nH+]1. The van der Waals surface area contributed by atoms with E-state index in [1.807, 2.05) is 51.3 Å². The second-order valence-corrected chi connectivity index (χ2v) is 4.51. The van der Waals surface area contributed by atoms with Crippen LogP contribution in [-0.4, -0.2) is 0 Å². The molecule has 0 saturated carbocycles. The summed E-state index contributed by atoms with van der Waals surface area (Å²) in [6.07, 6.45) is 5.68. The molecule has 0 aliphatic rings. The van der Waals surface area contributed by atoms with Crippen LogP contribution in [0, 0.1) is 0 Å². The molecule has 3 nitrogen and oxygen atoms in total. The highest BCUT2D eigenvalue weighted by Gasteiger charge is 1.69. The predicted octanol–water partition coefficient (Wildman–Crippen LogP) is -7.30. The van der Waals surface area contributed by atoms with Gasteiger partial charge >= 0.3 is 0 Å². The Morgan fingerprint density at radius 2 is 0.778 bits per heavy atom. The molecule has 0 spiro atoms.